The highest BCUT2D eigenvalue weighted by atomic mass is 16.5. The highest BCUT2D eigenvalue weighted by Gasteiger charge is 2.80. The molecule has 1 aromatic carbocycles. The van der Waals surface area contributed by atoms with Crippen LogP contribution in [0.3, 0.4) is 0 Å². The number of phenolic OH excluding ortho intramolecular Hbond substituents is 1. The van der Waals surface area contributed by atoms with Gasteiger partial charge in [0.15, 0.2) is 5.41 Å². The summed E-state index contributed by atoms with van der Waals surface area (Å²) in [6, 6.07) is 4.89. The summed E-state index contributed by atoms with van der Waals surface area (Å²) in [5, 5.41) is 13.1. The summed E-state index contributed by atoms with van der Waals surface area (Å²) < 4.78 is 5.21. The molecule has 1 amide bonds. The Hall–Kier alpha value is -2.60. The number of amides is 1. The highest BCUT2D eigenvalue weighted by Crippen LogP contribution is 2.71. The molecule has 1 saturated carbocycles. The molecule has 0 bridgehead atoms. The van der Waals surface area contributed by atoms with E-state index < -0.39 is 22.2 Å². The van der Waals surface area contributed by atoms with Gasteiger partial charge in [-0.05, 0) is 43.1 Å². The molecule has 0 radical (unpaired) electrons. The van der Waals surface area contributed by atoms with E-state index in [1.807, 2.05) is 6.08 Å². The fourth-order valence-corrected chi connectivity index (χ4v) is 6.42. The van der Waals surface area contributed by atoms with Crippen molar-refractivity contribution in [2.24, 2.45) is 10.8 Å². The Bertz CT molecular complexity index is 925. The molecule has 4 atom stereocenters. The fourth-order valence-electron chi connectivity index (χ4n) is 6.42. The van der Waals surface area contributed by atoms with Crippen LogP contribution < -0.4 is 5.32 Å². The van der Waals surface area contributed by atoms with Gasteiger partial charge >= 0.3 is 5.97 Å². The van der Waals surface area contributed by atoms with Crippen LogP contribution in [0.15, 0.2) is 43.0 Å². The van der Waals surface area contributed by atoms with Gasteiger partial charge in [0.1, 0.15) is 5.75 Å². The first-order valence-electron chi connectivity index (χ1n) is 9.24. The summed E-state index contributed by atoms with van der Waals surface area (Å²) in [5.41, 5.74) is -1.15. The number of anilines is 1. The predicted octanol–water partition coefficient (Wildman–Crippen LogP) is 1.96. The molecule has 4 aliphatic rings. The number of esters is 1. The number of hydrogen-bond acceptors (Lipinski definition) is 5. The van der Waals surface area contributed by atoms with Gasteiger partial charge in [0.2, 0.25) is 5.91 Å². The lowest BCUT2D eigenvalue weighted by atomic mass is 9.57. The van der Waals surface area contributed by atoms with Gasteiger partial charge in [0.05, 0.1) is 7.11 Å². The van der Waals surface area contributed by atoms with Crippen LogP contribution in [-0.4, -0.2) is 48.1 Å². The first kappa shape index (κ1) is 16.6. The molecule has 1 saturated heterocycles. The number of fused-ring (bicyclic) bond motifs is 1. The van der Waals surface area contributed by atoms with Gasteiger partial charge in [-0.1, -0.05) is 18.2 Å². The molecule has 1 aromatic rings. The number of ether oxygens (including phenoxy) is 1. The molecular weight excluding hydrogens is 344 g/mol. The highest BCUT2D eigenvalue weighted by molar-refractivity contribution is 6.14. The molecule has 27 heavy (non-hydrogen) atoms. The van der Waals surface area contributed by atoms with E-state index in [1.54, 1.807) is 18.2 Å². The molecule has 2 fully saturated rings. The van der Waals surface area contributed by atoms with Gasteiger partial charge in [-0.25, -0.2) is 0 Å². The second kappa shape index (κ2) is 5.01. The Kier molecular flexibility index (Phi) is 3.07. The number of phenols is 1. The number of hydrogen-bond donors (Lipinski definition) is 2. The van der Waals surface area contributed by atoms with Crippen LogP contribution >= 0.6 is 0 Å². The fraction of sp³-hybridized carbons (Fsp3) is 0.429. The number of benzene rings is 1. The lowest BCUT2D eigenvalue weighted by Crippen LogP contribution is -2.61. The molecule has 3 aliphatic heterocycles. The van der Waals surface area contributed by atoms with Gasteiger partial charge in [-0.3, -0.25) is 14.5 Å². The van der Waals surface area contributed by atoms with Crippen molar-refractivity contribution < 1.29 is 19.4 Å². The molecule has 2 N–H and O–H groups in total. The zero-order valence-electron chi connectivity index (χ0n) is 15.2. The average Bonchev–Trinajstić information content (AvgIpc) is 3.20. The molecule has 6 heteroatoms. The maximum absolute atomic E-state index is 13.5. The molecule has 1 spiro atoms. The van der Waals surface area contributed by atoms with E-state index in [1.165, 1.54) is 7.11 Å². The van der Waals surface area contributed by atoms with Crippen LogP contribution in [0.4, 0.5) is 5.69 Å². The van der Waals surface area contributed by atoms with Crippen molar-refractivity contribution in [3.05, 3.63) is 48.6 Å². The summed E-state index contributed by atoms with van der Waals surface area (Å²) >= 11 is 0. The van der Waals surface area contributed by atoms with Crippen molar-refractivity contribution in [2.75, 3.05) is 25.5 Å². The molecule has 140 valence electrons. The second-order valence-electron chi connectivity index (χ2n) is 8.10. The van der Waals surface area contributed by atoms with E-state index in [-0.39, 0.29) is 17.7 Å². The number of methoxy groups -OCH3 is 1. The van der Waals surface area contributed by atoms with E-state index in [0.717, 1.165) is 18.7 Å². The Labute approximate surface area is 157 Å². The summed E-state index contributed by atoms with van der Waals surface area (Å²) in [6.45, 7) is 5.62. The lowest BCUT2D eigenvalue weighted by Gasteiger charge is -2.48. The summed E-state index contributed by atoms with van der Waals surface area (Å²) in [6.07, 6.45) is 7.04. The topological polar surface area (TPSA) is 78.9 Å². The van der Waals surface area contributed by atoms with E-state index in [9.17, 15) is 14.7 Å². The molecular formula is C21H22N2O4. The molecule has 6 nitrogen and oxygen atoms in total. The number of nitrogens with zero attached hydrogens (tertiary/aromatic N) is 1. The second-order valence-corrected chi connectivity index (χ2v) is 8.10. The first-order chi connectivity index (χ1) is 12.9. The monoisotopic (exact) mass is 366 g/mol. The minimum absolute atomic E-state index is 0.0850. The summed E-state index contributed by atoms with van der Waals surface area (Å²) in [7, 11) is 1.33. The SMILES string of the molecule is C=C[C@]12C=CCN3CC[C@@]4(c5cc(O)ccc5NC(=O)[C@@]4(C(=O)OC)C1)C32. The van der Waals surface area contributed by atoms with Gasteiger partial charge < -0.3 is 15.2 Å². The van der Waals surface area contributed by atoms with E-state index >= 15 is 0 Å². The number of carbonyl (C=O) groups excluding carboxylic acids is 2. The van der Waals surface area contributed by atoms with Crippen molar-refractivity contribution in [1.82, 2.24) is 4.90 Å². The summed E-state index contributed by atoms with van der Waals surface area (Å²) in [4.78, 5) is 29.0. The van der Waals surface area contributed by atoms with Crippen LogP contribution in [0.25, 0.3) is 0 Å². The number of nitrogens with one attached hydrogen (secondary N) is 1. The van der Waals surface area contributed by atoms with E-state index in [0.29, 0.717) is 18.5 Å². The zero-order chi connectivity index (χ0) is 19.0. The molecule has 1 unspecified atom stereocenters. The lowest BCUT2D eigenvalue weighted by molar-refractivity contribution is -0.162. The third kappa shape index (κ3) is 1.62. The number of aromatic hydroxyl groups is 1. The van der Waals surface area contributed by atoms with Crippen LogP contribution in [0.5, 0.6) is 5.75 Å². The van der Waals surface area contributed by atoms with Gasteiger partial charge in [0, 0.05) is 29.1 Å². The Balaban J connectivity index is 1.90. The number of carbonyl (C=O) groups is 2. The standard InChI is InChI=1S/C21H22N2O4/c1-3-19-7-4-9-23-10-8-20(16(19)23)14-11-13(24)5-6-15(14)22-17(25)21(20,12-19)18(26)27-2/h3-7,11,16,24H,1,8-10,12H2,2H3,(H,22,25)/t16?,19-,20+,21+/m0/s1. The Morgan fingerprint density at radius 1 is 1.48 bits per heavy atom. The quantitative estimate of drug-likeness (QED) is 0.362. The van der Waals surface area contributed by atoms with Crippen molar-refractivity contribution in [3.8, 4) is 5.75 Å². The van der Waals surface area contributed by atoms with Crippen molar-refractivity contribution in [3.63, 3.8) is 0 Å². The average molecular weight is 366 g/mol. The van der Waals surface area contributed by atoms with Crippen LogP contribution in [0, 0.1) is 10.8 Å². The molecule has 3 heterocycles. The van der Waals surface area contributed by atoms with Crippen molar-refractivity contribution in [1.29, 1.82) is 0 Å². The van der Waals surface area contributed by atoms with E-state index in [2.05, 4.69) is 28.9 Å². The minimum Gasteiger partial charge on any atom is -0.508 e. The van der Waals surface area contributed by atoms with Crippen molar-refractivity contribution in [2.45, 2.75) is 24.3 Å². The Morgan fingerprint density at radius 2 is 2.30 bits per heavy atom. The first-order valence-corrected chi connectivity index (χ1v) is 9.24. The van der Waals surface area contributed by atoms with Crippen LogP contribution in [0.2, 0.25) is 0 Å². The Morgan fingerprint density at radius 3 is 3.04 bits per heavy atom. The van der Waals surface area contributed by atoms with Crippen LogP contribution in [0.1, 0.15) is 18.4 Å². The smallest absolute Gasteiger partial charge is 0.322 e. The maximum atomic E-state index is 13.5. The largest absolute Gasteiger partial charge is 0.508 e. The zero-order valence-corrected chi connectivity index (χ0v) is 15.2. The minimum atomic E-state index is -1.36. The molecule has 1 aliphatic carbocycles. The van der Waals surface area contributed by atoms with Crippen molar-refractivity contribution >= 4 is 17.6 Å². The summed E-state index contributed by atoms with van der Waals surface area (Å²) in [5.74, 6) is -0.711. The predicted molar refractivity (Wildman–Crippen MR) is 99.2 cm³/mol. The third-order valence-electron chi connectivity index (χ3n) is 7.27. The van der Waals surface area contributed by atoms with Gasteiger partial charge in [-0.15, -0.1) is 6.58 Å². The maximum Gasteiger partial charge on any atom is 0.322 e. The molecule has 0 aromatic heterocycles. The number of rotatable bonds is 2. The van der Waals surface area contributed by atoms with E-state index in [4.69, 9.17) is 4.74 Å². The van der Waals surface area contributed by atoms with Gasteiger partial charge in [-0.2, -0.15) is 0 Å². The molecule has 5 rings (SSSR count). The van der Waals surface area contributed by atoms with Gasteiger partial charge in [0.25, 0.3) is 0 Å². The third-order valence-corrected chi connectivity index (χ3v) is 7.27. The normalized spacial score (nSPS) is 38.6. The van der Waals surface area contributed by atoms with Crippen LogP contribution in [-0.2, 0) is 19.7 Å².